The van der Waals surface area contributed by atoms with Gasteiger partial charge >= 0.3 is 0 Å². The van der Waals surface area contributed by atoms with E-state index in [-0.39, 0.29) is 36.4 Å². The van der Waals surface area contributed by atoms with Crippen LogP contribution in [0.3, 0.4) is 0 Å². The molecule has 3 N–H and O–H groups in total. The van der Waals surface area contributed by atoms with Gasteiger partial charge in [0.25, 0.3) is 0 Å². The van der Waals surface area contributed by atoms with Crippen molar-refractivity contribution in [1.82, 2.24) is 16.0 Å². The molecule has 0 unspecified atom stereocenters. The predicted octanol–water partition coefficient (Wildman–Crippen LogP) is 1.14. The van der Waals surface area contributed by atoms with Gasteiger partial charge in [0.05, 0.1) is 33.9 Å². The lowest BCUT2D eigenvalue weighted by Crippen LogP contribution is -2.43. The monoisotopic (exact) mass is 480 g/mol. The summed E-state index contributed by atoms with van der Waals surface area (Å²) >= 11 is 0. The highest BCUT2D eigenvalue weighted by atomic mass is 127. The number of aliphatic imine (C=N–C) groups is 1. The maximum absolute atomic E-state index is 11.7. The molecule has 0 saturated heterocycles. The summed E-state index contributed by atoms with van der Waals surface area (Å²) in [6.07, 6.45) is 0. The summed E-state index contributed by atoms with van der Waals surface area (Å²) in [4.78, 5) is 16.2. The van der Waals surface area contributed by atoms with E-state index >= 15 is 0 Å². The third-order valence-corrected chi connectivity index (χ3v) is 3.29. The number of carbonyl (C=O) groups excluding carboxylic acids is 1. The number of ether oxygens (including phenoxy) is 3. The number of benzene rings is 1. The van der Waals surface area contributed by atoms with Crippen LogP contribution >= 0.6 is 24.0 Å². The zero-order valence-electron chi connectivity index (χ0n) is 15.8. The lowest BCUT2D eigenvalue weighted by molar-refractivity contribution is -0.120. The number of hydrogen-bond acceptors (Lipinski definition) is 5. The Balaban J connectivity index is 0.00000625. The number of amides is 1. The van der Waals surface area contributed by atoms with Crippen LogP contribution in [0.5, 0.6) is 11.5 Å². The molecule has 0 spiro atoms. The van der Waals surface area contributed by atoms with Gasteiger partial charge in [-0.3, -0.25) is 4.79 Å². The molecule has 0 aliphatic heterocycles. The average molecular weight is 480 g/mol. The second-order valence-corrected chi connectivity index (χ2v) is 5.07. The fourth-order valence-electron chi connectivity index (χ4n) is 2.01. The van der Waals surface area contributed by atoms with Crippen molar-refractivity contribution in [3.63, 3.8) is 0 Å². The highest BCUT2D eigenvalue weighted by Crippen LogP contribution is 2.25. The summed E-state index contributed by atoms with van der Waals surface area (Å²) in [7, 11) is 4.81. The van der Waals surface area contributed by atoms with Gasteiger partial charge < -0.3 is 30.2 Å². The molecule has 0 fully saturated rings. The molecule has 0 aliphatic rings. The molecule has 0 atom stereocenters. The number of guanidine groups is 1. The van der Waals surface area contributed by atoms with E-state index in [2.05, 4.69) is 20.9 Å². The molecule has 0 heterocycles. The second kappa shape index (κ2) is 14.4. The number of hydrogen-bond donors (Lipinski definition) is 3. The van der Waals surface area contributed by atoms with E-state index in [0.717, 1.165) is 11.3 Å². The van der Waals surface area contributed by atoms with Crippen molar-refractivity contribution in [2.45, 2.75) is 13.5 Å². The molecule has 26 heavy (non-hydrogen) atoms. The molecule has 9 heteroatoms. The van der Waals surface area contributed by atoms with Crippen LogP contribution in [0.1, 0.15) is 12.5 Å². The summed E-state index contributed by atoms with van der Waals surface area (Å²) < 4.78 is 15.4. The fraction of sp³-hybridized carbons (Fsp3) is 0.529. The lowest BCUT2D eigenvalue weighted by atomic mass is 10.2. The Morgan fingerprint density at radius 1 is 1.12 bits per heavy atom. The van der Waals surface area contributed by atoms with E-state index in [0.29, 0.717) is 38.0 Å². The minimum atomic E-state index is -0.121. The highest BCUT2D eigenvalue weighted by Gasteiger charge is 2.06. The molecule has 0 bridgehead atoms. The van der Waals surface area contributed by atoms with Gasteiger partial charge in [-0.25, -0.2) is 4.99 Å². The first-order valence-corrected chi connectivity index (χ1v) is 8.13. The van der Waals surface area contributed by atoms with Crippen molar-refractivity contribution in [3.05, 3.63) is 23.8 Å². The first kappa shape index (κ1) is 24.2. The van der Waals surface area contributed by atoms with Crippen LogP contribution in [-0.4, -0.2) is 59.4 Å². The van der Waals surface area contributed by atoms with E-state index < -0.39 is 0 Å². The van der Waals surface area contributed by atoms with E-state index in [4.69, 9.17) is 14.2 Å². The number of carbonyl (C=O) groups is 1. The molecule has 0 aliphatic carbocycles. The SMILES string of the molecule is CCNC(=NCc1ccc(OC)cc1OC)NCC(=O)NCCOC.I. The van der Waals surface area contributed by atoms with Gasteiger partial charge in [-0.15, -0.1) is 24.0 Å². The van der Waals surface area contributed by atoms with Crippen LogP contribution in [0, 0.1) is 0 Å². The smallest absolute Gasteiger partial charge is 0.239 e. The first-order valence-electron chi connectivity index (χ1n) is 8.13. The Bertz CT molecular complexity index is 570. The second-order valence-electron chi connectivity index (χ2n) is 5.07. The zero-order valence-corrected chi connectivity index (χ0v) is 18.1. The van der Waals surface area contributed by atoms with Crippen LogP contribution in [0.25, 0.3) is 0 Å². The van der Waals surface area contributed by atoms with Gasteiger partial charge in [-0.1, -0.05) is 0 Å². The van der Waals surface area contributed by atoms with E-state index in [1.165, 1.54) is 0 Å². The Hall–Kier alpha value is -1.75. The lowest BCUT2D eigenvalue weighted by Gasteiger charge is -2.13. The molecule has 1 rings (SSSR count). The maximum Gasteiger partial charge on any atom is 0.239 e. The van der Waals surface area contributed by atoms with Crippen LogP contribution < -0.4 is 25.4 Å². The summed E-state index contributed by atoms with van der Waals surface area (Å²) in [5, 5.41) is 8.85. The predicted molar refractivity (Wildman–Crippen MR) is 113 cm³/mol. The van der Waals surface area contributed by atoms with Crippen molar-refractivity contribution >= 4 is 35.8 Å². The summed E-state index contributed by atoms with van der Waals surface area (Å²) in [6.45, 7) is 4.16. The molecule has 0 radical (unpaired) electrons. The van der Waals surface area contributed by atoms with E-state index in [1.807, 2.05) is 25.1 Å². The van der Waals surface area contributed by atoms with Gasteiger partial charge in [0.15, 0.2) is 5.96 Å². The summed E-state index contributed by atoms with van der Waals surface area (Å²) in [5.74, 6) is 1.87. The Morgan fingerprint density at radius 3 is 2.50 bits per heavy atom. The third-order valence-electron chi connectivity index (χ3n) is 3.29. The Kier molecular flexibility index (Phi) is 13.5. The average Bonchev–Trinajstić information content (AvgIpc) is 2.64. The van der Waals surface area contributed by atoms with Gasteiger partial charge in [0.1, 0.15) is 11.5 Å². The van der Waals surface area contributed by atoms with Crippen LogP contribution in [0.15, 0.2) is 23.2 Å². The molecule has 0 saturated carbocycles. The first-order chi connectivity index (χ1) is 12.1. The third kappa shape index (κ3) is 9.09. The van der Waals surface area contributed by atoms with Crippen LogP contribution in [0.2, 0.25) is 0 Å². The molecule has 1 amide bonds. The Labute approximate surface area is 172 Å². The number of halogens is 1. The van der Waals surface area contributed by atoms with Crippen LogP contribution in [0.4, 0.5) is 0 Å². The molecular formula is C17H29IN4O4. The number of rotatable bonds is 10. The molecule has 8 nitrogen and oxygen atoms in total. The minimum absolute atomic E-state index is 0. The van der Waals surface area contributed by atoms with Gasteiger partial charge in [-0.2, -0.15) is 0 Å². The maximum atomic E-state index is 11.7. The minimum Gasteiger partial charge on any atom is -0.497 e. The van der Waals surface area contributed by atoms with Crippen molar-refractivity contribution in [2.24, 2.45) is 4.99 Å². The normalized spacial score (nSPS) is 10.5. The van der Waals surface area contributed by atoms with Gasteiger partial charge in [0.2, 0.25) is 5.91 Å². The van der Waals surface area contributed by atoms with Crippen LogP contribution in [-0.2, 0) is 16.1 Å². The van der Waals surface area contributed by atoms with E-state index in [9.17, 15) is 4.79 Å². The van der Waals surface area contributed by atoms with Gasteiger partial charge in [-0.05, 0) is 19.1 Å². The molecular weight excluding hydrogens is 451 g/mol. The van der Waals surface area contributed by atoms with Crippen molar-refractivity contribution in [1.29, 1.82) is 0 Å². The summed E-state index contributed by atoms with van der Waals surface area (Å²) in [5.41, 5.74) is 0.921. The highest BCUT2D eigenvalue weighted by molar-refractivity contribution is 14.0. The molecule has 0 aromatic heterocycles. The van der Waals surface area contributed by atoms with Crippen molar-refractivity contribution in [3.8, 4) is 11.5 Å². The molecule has 1 aromatic carbocycles. The standard InChI is InChI=1S/C17H28N4O4.HI/c1-5-18-17(21-12-16(22)19-8-9-23-2)20-11-13-6-7-14(24-3)10-15(13)25-4;/h6-7,10H,5,8-9,11-12H2,1-4H3,(H,19,22)(H2,18,20,21);1H. The Morgan fingerprint density at radius 2 is 1.88 bits per heavy atom. The largest absolute Gasteiger partial charge is 0.497 e. The zero-order chi connectivity index (χ0) is 18.5. The van der Waals surface area contributed by atoms with Gasteiger partial charge in [0, 0.05) is 31.8 Å². The summed E-state index contributed by atoms with van der Waals surface area (Å²) in [6, 6.07) is 5.58. The van der Waals surface area contributed by atoms with E-state index in [1.54, 1.807) is 21.3 Å². The van der Waals surface area contributed by atoms with Crippen molar-refractivity contribution < 1.29 is 19.0 Å². The number of nitrogens with zero attached hydrogens (tertiary/aromatic N) is 1. The molecule has 1 aromatic rings. The number of methoxy groups -OCH3 is 3. The quantitative estimate of drug-likeness (QED) is 0.201. The molecule has 148 valence electrons. The van der Waals surface area contributed by atoms with Crippen molar-refractivity contribution in [2.75, 3.05) is 47.6 Å². The fourth-order valence-corrected chi connectivity index (χ4v) is 2.01. The topological polar surface area (TPSA) is 93.2 Å². The number of nitrogens with one attached hydrogen (secondary N) is 3.